The summed E-state index contributed by atoms with van der Waals surface area (Å²) < 4.78 is 28.0. The van der Waals surface area contributed by atoms with Crippen LogP contribution in [0.5, 0.6) is 0 Å². The summed E-state index contributed by atoms with van der Waals surface area (Å²) in [5.41, 5.74) is 1.60. The number of para-hydroxylation sites is 1. The van der Waals surface area contributed by atoms with Gasteiger partial charge in [0, 0.05) is 17.1 Å². The number of aryl methyl sites for hydroxylation is 1. The van der Waals surface area contributed by atoms with Gasteiger partial charge in [0.25, 0.3) is 0 Å². The van der Waals surface area contributed by atoms with Crippen LogP contribution in [0, 0.1) is 18.6 Å². The Kier molecular flexibility index (Phi) is 4.68. The number of anilines is 1. The topological polar surface area (TPSA) is 72.2 Å². The highest BCUT2D eigenvalue weighted by atomic mass is 32.2. The van der Waals surface area contributed by atoms with Crippen LogP contribution in [0.15, 0.2) is 47.6 Å². The third-order valence-corrected chi connectivity index (χ3v) is 5.14. The smallest absolute Gasteiger partial charge is 0.237 e. The molecule has 0 saturated carbocycles. The fourth-order valence-electron chi connectivity index (χ4n) is 2.74. The van der Waals surface area contributed by atoms with Crippen molar-refractivity contribution in [3.8, 4) is 0 Å². The van der Waals surface area contributed by atoms with Crippen molar-refractivity contribution in [1.29, 1.82) is 0 Å². The van der Waals surface area contributed by atoms with Crippen molar-refractivity contribution in [2.75, 3.05) is 5.32 Å². The number of halogens is 2. The van der Waals surface area contributed by atoms with Crippen molar-refractivity contribution >= 4 is 39.9 Å². The Labute approximate surface area is 163 Å². The summed E-state index contributed by atoms with van der Waals surface area (Å²) in [5, 5.41) is 7.78. The Hall–Kier alpha value is -3.07. The van der Waals surface area contributed by atoms with Gasteiger partial charge < -0.3 is 5.32 Å². The predicted molar refractivity (Wildman–Crippen MR) is 103 cm³/mol. The van der Waals surface area contributed by atoms with E-state index in [1.165, 1.54) is 17.8 Å². The van der Waals surface area contributed by atoms with Gasteiger partial charge in [-0.15, -0.1) is 5.10 Å². The molecule has 2 aromatic carbocycles. The van der Waals surface area contributed by atoms with Crippen LogP contribution in [0.2, 0.25) is 0 Å². The minimum atomic E-state index is -1.02. The zero-order valence-corrected chi connectivity index (χ0v) is 15.8. The second kappa shape index (κ2) is 7.16. The first-order chi connectivity index (χ1) is 13.4. The van der Waals surface area contributed by atoms with Crippen LogP contribution in [-0.4, -0.2) is 30.7 Å². The molecule has 4 rings (SSSR count). The third kappa shape index (κ3) is 3.40. The zero-order valence-electron chi connectivity index (χ0n) is 15.0. The molecule has 0 aliphatic heterocycles. The molecule has 0 radical (unpaired) electrons. The minimum absolute atomic E-state index is 0.185. The maximum atomic E-state index is 13.3. The number of hydrogen-bond donors (Lipinski definition) is 1. The Bertz CT molecular complexity index is 1210. The first-order valence-electron chi connectivity index (χ1n) is 8.47. The van der Waals surface area contributed by atoms with E-state index in [1.807, 2.05) is 24.3 Å². The standard InChI is InChI=1S/C19H15F2N5OS/c1-10(18(27)23-12-7-8-14(20)15(21)9-12)28-19-24-16-6-4-3-5-13(16)17-22-11(2)25-26(17)19/h3-10H,1-2H3,(H,23,27). The van der Waals surface area contributed by atoms with Crippen molar-refractivity contribution in [2.24, 2.45) is 0 Å². The average Bonchev–Trinajstić information content (AvgIpc) is 3.07. The summed E-state index contributed by atoms with van der Waals surface area (Å²) in [6.07, 6.45) is 0. The van der Waals surface area contributed by atoms with Crippen molar-refractivity contribution in [1.82, 2.24) is 19.6 Å². The molecule has 142 valence electrons. The fourth-order valence-corrected chi connectivity index (χ4v) is 3.60. The highest BCUT2D eigenvalue weighted by Gasteiger charge is 2.20. The molecule has 1 unspecified atom stereocenters. The first kappa shape index (κ1) is 18.3. The van der Waals surface area contributed by atoms with Crippen molar-refractivity contribution in [2.45, 2.75) is 24.3 Å². The van der Waals surface area contributed by atoms with E-state index in [4.69, 9.17) is 0 Å². The van der Waals surface area contributed by atoms with Gasteiger partial charge >= 0.3 is 0 Å². The maximum Gasteiger partial charge on any atom is 0.237 e. The van der Waals surface area contributed by atoms with Crippen LogP contribution < -0.4 is 5.32 Å². The average molecular weight is 399 g/mol. The Morgan fingerprint density at radius 2 is 1.93 bits per heavy atom. The number of aromatic nitrogens is 4. The molecule has 0 spiro atoms. The molecular formula is C19H15F2N5OS. The van der Waals surface area contributed by atoms with Crippen LogP contribution in [0.25, 0.3) is 16.6 Å². The summed E-state index contributed by atoms with van der Waals surface area (Å²) in [7, 11) is 0. The SMILES string of the molecule is Cc1nc2c3ccccc3nc(SC(C)C(=O)Nc3ccc(F)c(F)c3)n2n1. The quantitative estimate of drug-likeness (QED) is 0.415. The number of nitrogens with one attached hydrogen (secondary N) is 1. The number of nitrogens with zero attached hydrogens (tertiary/aromatic N) is 4. The fraction of sp³-hybridized carbons (Fsp3) is 0.158. The molecule has 0 bridgehead atoms. The van der Waals surface area contributed by atoms with Crippen LogP contribution in [-0.2, 0) is 4.79 Å². The van der Waals surface area contributed by atoms with Gasteiger partial charge in [-0.3, -0.25) is 4.79 Å². The summed E-state index contributed by atoms with van der Waals surface area (Å²) in [5.74, 6) is -1.76. The highest BCUT2D eigenvalue weighted by Crippen LogP contribution is 2.27. The van der Waals surface area contributed by atoms with E-state index >= 15 is 0 Å². The van der Waals surface area contributed by atoms with Crippen LogP contribution in [0.3, 0.4) is 0 Å². The van der Waals surface area contributed by atoms with E-state index < -0.39 is 16.9 Å². The first-order valence-corrected chi connectivity index (χ1v) is 9.35. The van der Waals surface area contributed by atoms with Gasteiger partial charge in [0.15, 0.2) is 22.4 Å². The van der Waals surface area contributed by atoms with E-state index in [1.54, 1.807) is 18.4 Å². The molecule has 1 amide bonds. The molecule has 0 fully saturated rings. The second-order valence-electron chi connectivity index (χ2n) is 6.18. The third-order valence-electron chi connectivity index (χ3n) is 4.09. The minimum Gasteiger partial charge on any atom is -0.325 e. The molecule has 9 heteroatoms. The van der Waals surface area contributed by atoms with E-state index in [9.17, 15) is 13.6 Å². The maximum absolute atomic E-state index is 13.3. The van der Waals surface area contributed by atoms with E-state index in [-0.39, 0.29) is 11.6 Å². The largest absolute Gasteiger partial charge is 0.325 e. The van der Waals surface area contributed by atoms with Gasteiger partial charge in [-0.1, -0.05) is 23.9 Å². The van der Waals surface area contributed by atoms with Gasteiger partial charge in [0.1, 0.15) is 5.82 Å². The van der Waals surface area contributed by atoms with Crippen molar-refractivity contribution in [3.05, 3.63) is 59.9 Å². The van der Waals surface area contributed by atoms with E-state index in [0.717, 1.165) is 23.0 Å². The molecule has 28 heavy (non-hydrogen) atoms. The molecule has 0 aliphatic rings. The number of thioether (sulfide) groups is 1. The molecule has 1 N–H and O–H groups in total. The van der Waals surface area contributed by atoms with Crippen molar-refractivity contribution < 1.29 is 13.6 Å². The monoisotopic (exact) mass is 399 g/mol. The number of rotatable bonds is 4. The summed E-state index contributed by atoms with van der Waals surface area (Å²) in [6, 6.07) is 10.8. The zero-order chi connectivity index (χ0) is 19.8. The summed E-state index contributed by atoms with van der Waals surface area (Å²) in [6.45, 7) is 3.49. The number of carbonyl (C=O) groups excluding carboxylic acids is 1. The lowest BCUT2D eigenvalue weighted by Gasteiger charge is -2.13. The van der Waals surface area contributed by atoms with E-state index in [0.29, 0.717) is 16.6 Å². The Morgan fingerprint density at radius 3 is 2.71 bits per heavy atom. The number of carbonyl (C=O) groups is 1. The summed E-state index contributed by atoms with van der Waals surface area (Å²) in [4.78, 5) is 21.6. The van der Waals surface area contributed by atoms with Gasteiger partial charge in [0.05, 0.1) is 10.8 Å². The predicted octanol–water partition coefficient (Wildman–Crippen LogP) is 3.98. The Balaban J connectivity index is 1.62. The molecule has 6 nitrogen and oxygen atoms in total. The Morgan fingerprint density at radius 1 is 1.14 bits per heavy atom. The normalized spacial score (nSPS) is 12.4. The van der Waals surface area contributed by atoms with E-state index in [2.05, 4.69) is 20.4 Å². The van der Waals surface area contributed by atoms with Crippen molar-refractivity contribution in [3.63, 3.8) is 0 Å². The van der Waals surface area contributed by atoms with Crippen LogP contribution in [0.4, 0.5) is 14.5 Å². The number of hydrogen-bond acceptors (Lipinski definition) is 5. The number of benzene rings is 2. The highest BCUT2D eigenvalue weighted by molar-refractivity contribution is 8.00. The van der Waals surface area contributed by atoms with Gasteiger partial charge in [-0.05, 0) is 38.1 Å². The summed E-state index contributed by atoms with van der Waals surface area (Å²) >= 11 is 1.21. The van der Waals surface area contributed by atoms with Crippen LogP contribution in [0.1, 0.15) is 12.7 Å². The molecule has 2 heterocycles. The molecule has 0 saturated heterocycles. The molecular weight excluding hydrogens is 384 g/mol. The lowest BCUT2D eigenvalue weighted by atomic mass is 10.2. The van der Waals surface area contributed by atoms with Gasteiger partial charge in [0.2, 0.25) is 5.91 Å². The molecule has 4 aromatic rings. The second-order valence-corrected chi connectivity index (χ2v) is 7.49. The number of fused-ring (bicyclic) bond motifs is 3. The lowest BCUT2D eigenvalue weighted by Crippen LogP contribution is -2.23. The molecule has 2 aromatic heterocycles. The molecule has 1 atom stereocenters. The van der Waals surface area contributed by atoms with Gasteiger partial charge in [-0.2, -0.15) is 4.52 Å². The van der Waals surface area contributed by atoms with Crippen LogP contribution >= 0.6 is 11.8 Å². The lowest BCUT2D eigenvalue weighted by molar-refractivity contribution is -0.115. The van der Waals surface area contributed by atoms with Gasteiger partial charge in [-0.25, -0.2) is 18.7 Å². The molecule has 0 aliphatic carbocycles. The number of amides is 1.